The van der Waals surface area contributed by atoms with Crippen LogP contribution in [-0.4, -0.2) is 41.6 Å². The van der Waals surface area contributed by atoms with E-state index in [0.717, 1.165) is 26.1 Å². The number of pyridine rings is 1. The predicted octanol–water partition coefficient (Wildman–Crippen LogP) is 0.279. The molecule has 0 atom stereocenters. The molecule has 0 saturated carbocycles. The second kappa shape index (κ2) is 8.37. The van der Waals surface area contributed by atoms with Crippen molar-refractivity contribution in [2.75, 3.05) is 31.9 Å². The average molecular weight is 280 g/mol. The van der Waals surface area contributed by atoms with Crippen LogP contribution in [0.25, 0.3) is 0 Å². The van der Waals surface area contributed by atoms with Crippen molar-refractivity contribution >= 4 is 11.6 Å². The Kier molecular flexibility index (Phi) is 6.79. The summed E-state index contributed by atoms with van der Waals surface area (Å²) in [5.74, 6) is -0.169. The van der Waals surface area contributed by atoms with E-state index in [1.807, 2.05) is 0 Å². The Hall–Kier alpha value is -1.82. The van der Waals surface area contributed by atoms with Crippen molar-refractivity contribution < 1.29 is 4.79 Å². The van der Waals surface area contributed by atoms with Crippen LogP contribution in [0, 0.1) is 0 Å². The number of anilines is 1. The van der Waals surface area contributed by atoms with Crippen LogP contribution < -0.4 is 16.6 Å². The quantitative estimate of drug-likeness (QED) is 0.670. The molecular weight excluding hydrogens is 256 g/mol. The van der Waals surface area contributed by atoms with E-state index < -0.39 is 0 Å². The third-order valence-electron chi connectivity index (χ3n) is 3.19. The van der Waals surface area contributed by atoms with Crippen molar-refractivity contribution in [2.45, 2.75) is 26.8 Å². The molecule has 1 rings (SSSR count). The molecule has 0 saturated heterocycles. The van der Waals surface area contributed by atoms with E-state index in [0.29, 0.717) is 12.2 Å². The zero-order valence-corrected chi connectivity index (χ0v) is 12.3. The van der Waals surface area contributed by atoms with Crippen LogP contribution in [0.2, 0.25) is 0 Å². The van der Waals surface area contributed by atoms with Gasteiger partial charge in [-0.05, 0) is 32.1 Å². The van der Waals surface area contributed by atoms with E-state index in [4.69, 9.17) is 5.73 Å². The first-order valence-corrected chi connectivity index (χ1v) is 7.01. The van der Waals surface area contributed by atoms with Gasteiger partial charge in [-0.15, -0.1) is 0 Å². The van der Waals surface area contributed by atoms with Gasteiger partial charge in [0, 0.05) is 24.5 Å². The molecule has 20 heavy (non-hydrogen) atoms. The van der Waals surface area contributed by atoms with Crippen molar-refractivity contribution in [1.82, 2.24) is 14.8 Å². The number of nitrogens with one attached hydrogen (secondary N) is 1. The van der Waals surface area contributed by atoms with E-state index >= 15 is 0 Å². The molecule has 0 aromatic carbocycles. The van der Waals surface area contributed by atoms with Gasteiger partial charge in [-0.2, -0.15) is 0 Å². The minimum absolute atomic E-state index is 0.00907. The van der Waals surface area contributed by atoms with Gasteiger partial charge in [-0.3, -0.25) is 9.59 Å². The topological polar surface area (TPSA) is 80.4 Å². The summed E-state index contributed by atoms with van der Waals surface area (Å²) in [6.07, 6.45) is 2.39. The maximum atomic E-state index is 11.7. The summed E-state index contributed by atoms with van der Waals surface area (Å²) in [4.78, 5) is 25.6. The van der Waals surface area contributed by atoms with Crippen molar-refractivity contribution in [3.63, 3.8) is 0 Å². The Bertz CT molecular complexity index is 480. The Morgan fingerprint density at radius 2 is 2.05 bits per heavy atom. The Morgan fingerprint density at radius 1 is 1.35 bits per heavy atom. The van der Waals surface area contributed by atoms with Gasteiger partial charge >= 0.3 is 0 Å². The van der Waals surface area contributed by atoms with E-state index in [1.165, 1.54) is 22.9 Å². The van der Waals surface area contributed by atoms with Gasteiger partial charge in [0.05, 0.1) is 0 Å². The molecule has 1 amide bonds. The maximum Gasteiger partial charge on any atom is 0.251 e. The average Bonchev–Trinajstić information content (AvgIpc) is 2.43. The molecule has 0 aliphatic rings. The van der Waals surface area contributed by atoms with Crippen LogP contribution in [0.15, 0.2) is 23.1 Å². The molecule has 1 aromatic rings. The summed E-state index contributed by atoms with van der Waals surface area (Å²) in [7, 11) is 0. The number of nitrogens with zero attached hydrogens (tertiary/aromatic N) is 2. The molecule has 0 aliphatic heterocycles. The minimum Gasteiger partial charge on any atom is -0.398 e. The predicted molar refractivity (Wildman–Crippen MR) is 80.5 cm³/mol. The van der Waals surface area contributed by atoms with Crippen LogP contribution in [0.5, 0.6) is 0 Å². The van der Waals surface area contributed by atoms with Gasteiger partial charge in [0.1, 0.15) is 6.54 Å². The van der Waals surface area contributed by atoms with Crippen LogP contribution in [0.1, 0.15) is 20.3 Å². The Morgan fingerprint density at radius 3 is 2.70 bits per heavy atom. The summed E-state index contributed by atoms with van der Waals surface area (Å²) >= 11 is 0. The van der Waals surface area contributed by atoms with Crippen molar-refractivity contribution in [3.8, 4) is 0 Å². The lowest BCUT2D eigenvalue weighted by Crippen LogP contribution is -2.34. The highest BCUT2D eigenvalue weighted by Crippen LogP contribution is 1.95. The number of rotatable bonds is 8. The second-order valence-corrected chi connectivity index (χ2v) is 4.66. The molecule has 0 radical (unpaired) electrons. The summed E-state index contributed by atoms with van der Waals surface area (Å²) < 4.78 is 1.31. The second-order valence-electron chi connectivity index (χ2n) is 4.66. The monoisotopic (exact) mass is 280 g/mol. The normalized spacial score (nSPS) is 10.8. The Balaban J connectivity index is 2.33. The lowest BCUT2D eigenvalue weighted by molar-refractivity contribution is -0.121. The largest absolute Gasteiger partial charge is 0.398 e. The van der Waals surface area contributed by atoms with Gasteiger partial charge in [0.2, 0.25) is 5.91 Å². The molecule has 0 aliphatic carbocycles. The summed E-state index contributed by atoms with van der Waals surface area (Å²) in [6.45, 7) is 7.86. The Labute approximate surface area is 119 Å². The number of nitrogen functional groups attached to an aromatic ring is 1. The van der Waals surface area contributed by atoms with Gasteiger partial charge in [-0.25, -0.2) is 0 Å². The lowest BCUT2D eigenvalue weighted by Gasteiger charge is -2.17. The molecule has 1 aromatic heterocycles. The van der Waals surface area contributed by atoms with Crippen molar-refractivity contribution in [2.24, 2.45) is 0 Å². The molecule has 3 N–H and O–H groups in total. The molecular formula is C14H24N4O2. The number of aromatic nitrogens is 1. The highest BCUT2D eigenvalue weighted by molar-refractivity contribution is 5.75. The standard InChI is InChI=1S/C14H24N4O2/c1-3-17(4-2)9-5-8-16-13(19)11-18-10-12(15)6-7-14(18)20/h6-7,10H,3-5,8-9,11,15H2,1-2H3,(H,16,19). The fraction of sp³-hybridized carbons (Fsp3) is 0.571. The summed E-state index contributed by atoms with van der Waals surface area (Å²) in [6, 6.07) is 2.89. The third-order valence-corrected chi connectivity index (χ3v) is 3.19. The summed E-state index contributed by atoms with van der Waals surface area (Å²) in [5, 5.41) is 2.82. The molecule has 0 unspecified atom stereocenters. The van der Waals surface area contributed by atoms with Gasteiger partial charge in [-0.1, -0.05) is 13.8 Å². The zero-order chi connectivity index (χ0) is 15.0. The first-order chi connectivity index (χ1) is 9.56. The number of hydrogen-bond donors (Lipinski definition) is 2. The smallest absolute Gasteiger partial charge is 0.251 e. The summed E-state index contributed by atoms with van der Waals surface area (Å²) in [5.41, 5.74) is 5.84. The maximum absolute atomic E-state index is 11.7. The fourth-order valence-corrected chi connectivity index (χ4v) is 1.95. The number of nitrogens with two attached hydrogens (primary N) is 1. The van der Waals surface area contributed by atoms with E-state index in [-0.39, 0.29) is 18.0 Å². The molecule has 0 fully saturated rings. The number of hydrogen-bond acceptors (Lipinski definition) is 4. The number of amides is 1. The van der Waals surface area contributed by atoms with Gasteiger partial charge < -0.3 is 20.5 Å². The highest BCUT2D eigenvalue weighted by atomic mass is 16.2. The minimum atomic E-state index is -0.225. The van der Waals surface area contributed by atoms with Crippen LogP contribution in [-0.2, 0) is 11.3 Å². The molecule has 0 bridgehead atoms. The van der Waals surface area contributed by atoms with E-state index in [2.05, 4.69) is 24.1 Å². The molecule has 6 heteroatoms. The van der Waals surface area contributed by atoms with Crippen LogP contribution in [0.4, 0.5) is 5.69 Å². The van der Waals surface area contributed by atoms with E-state index in [1.54, 1.807) is 0 Å². The molecule has 1 heterocycles. The molecule has 6 nitrogen and oxygen atoms in total. The zero-order valence-electron chi connectivity index (χ0n) is 12.3. The van der Waals surface area contributed by atoms with Crippen LogP contribution >= 0.6 is 0 Å². The van der Waals surface area contributed by atoms with Gasteiger partial charge in [0.15, 0.2) is 0 Å². The molecule has 112 valence electrons. The fourth-order valence-electron chi connectivity index (χ4n) is 1.95. The number of carbonyl (C=O) groups is 1. The first-order valence-electron chi connectivity index (χ1n) is 7.01. The van der Waals surface area contributed by atoms with Crippen molar-refractivity contribution in [3.05, 3.63) is 28.7 Å². The number of carbonyl (C=O) groups excluding carboxylic acids is 1. The van der Waals surface area contributed by atoms with Crippen molar-refractivity contribution in [1.29, 1.82) is 0 Å². The third kappa shape index (κ3) is 5.44. The van der Waals surface area contributed by atoms with Crippen LogP contribution in [0.3, 0.4) is 0 Å². The lowest BCUT2D eigenvalue weighted by atomic mass is 10.3. The molecule has 0 spiro atoms. The SMILES string of the molecule is CCN(CC)CCCNC(=O)Cn1cc(N)ccc1=O. The van der Waals surface area contributed by atoms with Gasteiger partial charge in [0.25, 0.3) is 5.56 Å². The first kappa shape index (κ1) is 16.2. The van der Waals surface area contributed by atoms with E-state index in [9.17, 15) is 9.59 Å². The highest BCUT2D eigenvalue weighted by Gasteiger charge is 2.05.